The summed E-state index contributed by atoms with van der Waals surface area (Å²) in [4.78, 5) is 21.0. The largest absolute Gasteiger partial charge is 0.472 e. The maximum Gasteiger partial charge on any atom is 0.299 e. The van der Waals surface area contributed by atoms with Gasteiger partial charge in [0.25, 0.3) is 23.1 Å². The van der Waals surface area contributed by atoms with Crippen molar-refractivity contribution in [3.8, 4) is 11.8 Å². The molecule has 15 nitrogen and oxygen atoms in total. The SMILES string of the molecule is Cc1nonc1OCC(C)(COc1nonc1C)Nc1ccc([N+](=O)[O-])cc1[N+](=O)[O-]. The van der Waals surface area contributed by atoms with Crippen LogP contribution in [0.1, 0.15) is 18.3 Å². The lowest BCUT2D eigenvalue weighted by molar-refractivity contribution is -0.393. The molecule has 1 N–H and O–H groups in total. The highest BCUT2D eigenvalue weighted by Crippen LogP contribution is 2.31. The number of aryl methyl sites for hydroxylation is 2. The van der Waals surface area contributed by atoms with E-state index in [9.17, 15) is 20.2 Å². The molecule has 0 bridgehead atoms. The topological polar surface area (TPSA) is 195 Å². The molecule has 15 heteroatoms. The van der Waals surface area contributed by atoms with Crippen LogP contribution in [-0.4, -0.2) is 49.2 Å². The number of aromatic nitrogens is 4. The minimum absolute atomic E-state index is 0.0234. The number of nitrogens with zero attached hydrogens (tertiary/aromatic N) is 6. The van der Waals surface area contributed by atoms with E-state index >= 15 is 0 Å². The molecule has 1 aromatic carbocycles. The molecule has 164 valence electrons. The van der Waals surface area contributed by atoms with Crippen molar-refractivity contribution in [2.24, 2.45) is 0 Å². The molecule has 0 saturated carbocycles. The summed E-state index contributed by atoms with van der Waals surface area (Å²) < 4.78 is 20.4. The normalized spacial score (nSPS) is 11.2. The predicted molar refractivity (Wildman–Crippen MR) is 101 cm³/mol. The Bertz CT molecular complexity index is 1050. The summed E-state index contributed by atoms with van der Waals surface area (Å²) in [5.74, 6) is 0.260. The average Bonchev–Trinajstić information content (AvgIpc) is 3.32. The third-order valence-electron chi connectivity index (χ3n) is 4.10. The van der Waals surface area contributed by atoms with E-state index in [1.54, 1.807) is 20.8 Å². The van der Waals surface area contributed by atoms with Crippen LogP contribution in [0.2, 0.25) is 0 Å². The Morgan fingerprint density at radius 1 is 0.968 bits per heavy atom. The van der Waals surface area contributed by atoms with E-state index in [1.807, 2.05) is 0 Å². The van der Waals surface area contributed by atoms with Gasteiger partial charge in [-0.05, 0) is 37.2 Å². The molecule has 0 fully saturated rings. The van der Waals surface area contributed by atoms with Gasteiger partial charge in [0, 0.05) is 6.07 Å². The van der Waals surface area contributed by atoms with Crippen LogP contribution in [0.15, 0.2) is 27.5 Å². The lowest BCUT2D eigenvalue weighted by Gasteiger charge is -2.30. The summed E-state index contributed by atoms with van der Waals surface area (Å²) in [5, 5.41) is 39.9. The molecule has 0 aliphatic heterocycles. The van der Waals surface area contributed by atoms with Gasteiger partial charge in [0.2, 0.25) is 0 Å². The molecule has 0 aliphatic rings. The smallest absolute Gasteiger partial charge is 0.299 e. The third kappa shape index (κ3) is 5.01. The first-order valence-corrected chi connectivity index (χ1v) is 8.73. The quantitative estimate of drug-likeness (QED) is 0.360. The first kappa shape index (κ1) is 21.4. The van der Waals surface area contributed by atoms with Crippen molar-refractivity contribution in [3.63, 3.8) is 0 Å². The Morgan fingerprint density at radius 3 is 1.94 bits per heavy atom. The molecule has 3 aromatic rings. The van der Waals surface area contributed by atoms with Gasteiger partial charge in [0.15, 0.2) is 0 Å². The Hall–Kier alpha value is -4.30. The number of ether oxygens (including phenoxy) is 2. The van der Waals surface area contributed by atoms with Gasteiger partial charge in [-0.2, -0.15) is 0 Å². The number of nitrogens with one attached hydrogen (secondary N) is 1. The minimum atomic E-state index is -1.10. The first-order chi connectivity index (χ1) is 14.7. The Labute approximate surface area is 173 Å². The van der Waals surface area contributed by atoms with Crippen LogP contribution in [0.25, 0.3) is 0 Å². The van der Waals surface area contributed by atoms with Crippen LogP contribution in [0.5, 0.6) is 11.8 Å². The van der Waals surface area contributed by atoms with Gasteiger partial charge in [-0.3, -0.25) is 20.2 Å². The molecule has 0 atom stereocenters. The fraction of sp³-hybridized carbons (Fsp3) is 0.375. The lowest BCUT2D eigenvalue weighted by Crippen LogP contribution is -2.46. The van der Waals surface area contributed by atoms with Crippen LogP contribution in [0.3, 0.4) is 0 Å². The van der Waals surface area contributed by atoms with Crippen LogP contribution in [0.4, 0.5) is 17.1 Å². The standard InChI is InChI=1S/C16H17N7O8/c1-9-14(20-30-18-9)28-7-16(3,8-29-15-10(2)19-31-21-15)17-12-5-4-11(22(24)25)6-13(12)23(26)27/h4-6,17H,7-8H2,1-3H3. The van der Waals surface area contributed by atoms with E-state index in [4.69, 9.17) is 9.47 Å². The van der Waals surface area contributed by atoms with Gasteiger partial charge < -0.3 is 14.8 Å². The van der Waals surface area contributed by atoms with Gasteiger partial charge in [-0.25, -0.2) is 9.26 Å². The van der Waals surface area contributed by atoms with E-state index in [0.29, 0.717) is 11.4 Å². The number of rotatable bonds is 10. The zero-order chi connectivity index (χ0) is 22.6. The second-order valence-corrected chi connectivity index (χ2v) is 6.79. The van der Waals surface area contributed by atoms with Crippen molar-refractivity contribution in [2.75, 3.05) is 18.5 Å². The average molecular weight is 435 g/mol. The zero-order valence-electron chi connectivity index (χ0n) is 16.6. The number of nitro groups is 2. The fourth-order valence-electron chi connectivity index (χ4n) is 2.49. The van der Waals surface area contributed by atoms with E-state index in [0.717, 1.165) is 12.1 Å². The van der Waals surface area contributed by atoms with Crippen molar-refractivity contribution in [2.45, 2.75) is 26.3 Å². The minimum Gasteiger partial charge on any atom is -0.472 e. The Morgan fingerprint density at radius 2 is 1.52 bits per heavy atom. The summed E-state index contributed by atoms with van der Waals surface area (Å²) >= 11 is 0. The number of nitro benzene ring substituents is 2. The zero-order valence-corrected chi connectivity index (χ0v) is 16.6. The highest BCUT2D eigenvalue weighted by molar-refractivity contribution is 5.66. The number of anilines is 1. The molecule has 0 amide bonds. The van der Waals surface area contributed by atoms with Gasteiger partial charge in [0.1, 0.15) is 35.8 Å². The van der Waals surface area contributed by atoms with E-state index < -0.39 is 26.8 Å². The predicted octanol–water partition coefficient (Wildman–Crippen LogP) is 2.21. The number of non-ortho nitro benzene ring substituents is 1. The third-order valence-corrected chi connectivity index (χ3v) is 4.10. The molecule has 3 rings (SSSR count). The maximum atomic E-state index is 11.5. The number of hydrogen-bond donors (Lipinski definition) is 1. The molecule has 31 heavy (non-hydrogen) atoms. The highest BCUT2D eigenvalue weighted by atomic mass is 16.6. The molecular weight excluding hydrogens is 418 g/mol. The summed E-state index contributed by atoms with van der Waals surface area (Å²) in [5.41, 5.74) is -1.17. The van der Waals surface area contributed by atoms with Crippen molar-refractivity contribution < 1.29 is 28.6 Å². The van der Waals surface area contributed by atoms with Gasteiger partial charge in [-0.15, -0.1) is 0 Å². The second-order valence-electron chi connectivity index (χ2n) is 6.79. The van der Waals surface area contributed by atoms with Crippen LogP contribution in [-0.2, 0) is 0 Å². The van der Waals surface area contributed by atoms with Crippen molar-refractivity contribution in [3.05, 3.63) is 49.8 Å². The molecule has 2 aromatic heterocycles. The summed E-state index contributed by atoms with van der Waals surface area (Å²) in [6.07, 6.45) is 0. The van der Waals surface area contributed by atoms with E-state index in [1.165, 1.54) is 6.07 Å². The van der Waals surface area contributed by atoms with E-state index in [2.05, 4.69) is 35.2 Å². The van der Waals surface area contributed by atoms with Gasteiger partial charge >= 0.3 is 0 Å². The highest BCUT2D eigenvalue weighted by Gasteiger charge is 2.32. The molecule has 0 aliphatic carbocycles. The van der Waals surface area contributed by atoms with Crippen molar-refractivity contribution in [1.29, 1.82) is 0 Å². The summed E-state index contributed by atoms with van der Waals surface area (Å²) in [6.45, 7) is 4.71. The molecule has 0 saturated heterocycles. The Kier molecular flexibility index (Phi) is 5.94. The van der Waals surface area contributed by atoms with Crippen molar-refractivity contribution in [1.82, 2.24) is 20.6 Å². The summed E-state index contributed by atoms with van der Waals surface area (Å²) in [6, 6.07) is 3.25. The van der Waals surface area contributed by atoms with Gasteiger partial charge in [-0.1, -0.05) is 10.3 Å². The van der Waals surface area contributed by atoms with Gasteiger partial charge in [0.05, 0.1) is 15.9 Å². The molecule has 0 spiro atoms. The maximum absolute atomic E-state index is 11.5. The van der Waals surface area contributed by atoms with Crippen LogP contribution < -0.4 is 14.8 Å². The van der Waals surface area contributed by atoms with E-state index in [-0.39, 0.29) is 30.7 Å². The fourth-order valence-corrected chi connectivity index (χ4v) is 2.49. The molecular formula is C16H17N7O8. The number of benzene rings is 1. The van der Waals surface area contributed by atoms with Crippen molar-refractivity contribution >= 4 is 17.1 Å². The first-order valence-electron chi connectivity index (χ1n) is 8.73. The molecule has 0 unspecified atom stereocenters. The summed E-state index contributed by atoms with van der Waals surface area (Å²) in [7, 11) is 0. The molecule has 2 heterocycles. The monoisotopic (exact) mass is 435 g/mol. The molecule has 0 radical (unpaired) electrons. The second kappa shape index (κ2) is 8.60. The van der Waals surface area contributed by atoms with Crippen LogP contribution >= 0.6 is 0 Å². The lowest BCUT2D eigenvalue weighted by atomic mass is 10.0. The Balaban J connectivity index is 1.87. The van der Waals surface area contributed by atoms with Crippen LogP contribution in [0, 0.1) is 34.1 Å². The number of hydrogen-bond acceptors (Lipinski definition) is 13.